The number of para-hydroxylation sites is 3. The molecule has 7 aromatic carbocycles. The highest BCUT2D eigenvalue weighted by Gasteiger charge is 2.51. The summed E-state index contributed by atoms with van der Waals surface area (Å²) in [6.45, 7) is 37.5. The van der Waals surface area contributed by atoms with Crippen LogP contribution in [0.15, 0.2) is 109 Å². The Morgan fingerprint density at radius 1 is 0.507 bits per heavy atom. The molecule has 4 unspecified atom stereocenters. The molecular formula is C67H81FO3P2Si2. The van der Waals surface area contributed by atoms with Gasteiger partial charge in [-0.1, -0.05) is 193 Å². The Labute approximate surface area is 454 Å². The van der Waals surface area contributed by atoms with Gasteiger partial charge in [0.25, 0.3) is 0 Å². The van der Waals surface area contributed by atoms with E-state index in [1.807, 2.05) is 0 Å². The molecule has 0 saturated heterocycles. The second-order valence-electron chi connectivity index (χ2n) is 23.6. The summed E-state index contributed by atoms with van der Waals surface area (Å²) in [5.74, 6) is 2.85. The van der Waals surface area contributed by atoms with E-state index in [1.54, 1.807) is 0 Å². The van der Waals surface area contributed by atoms with Crippen molar-refractivity contribution in [3.05, 3.63) is 171 Å². The number of phenols is 1. The molecule has 0 bridgehead atoms. The number of hydrogen-bond donors (Lipinski definition) is 1. The van der Waals surface area contributed by atoms with Crippen LogP contribution in [0.1, 0.15) is 128 Å². The first-order valence-electron chi connectivity index (χ1n) is 27.7. The molecule has 8 heteroatoms. The van der Waals surface area contributed by atoms with Crippen molar-refractivity contribution in [1.82, 2.24) is 0 Å². The average Bonchev–Trinajstić information content (AvgIpc) is 3.35. The Bertz CT molecular complexity index is 3310. The van der Waals surface area contributed by atoms with Crippen LogP contribution < -0.4 is 51.4 Å². The summed E-state index contributed by atoms with van der Waals surface area (Å²) in [6.07, 6.45) is 7.15. The summed E-state index contributed by atoms with van der Waals surface area (Å²) in [5.41, 5.74) is 13.0. The quantitative estimate of drug-likeness (QED) is 0.0632. The fourth-order valence-electron chi connectivity index (χ4n) is 13.8. The monoisotopic (exact) mass is 1070 g/mol. The van der Waals surface area contributed by atoms with Gasteiger partial charge in [-0.2, -0.15) is 0 Å². The number of fused-ring (bicyclic) bond motifs is 4. The molecule has 0 aromatic heterocycles. The molecule has 0 aliphatic carbocycles. The molecule has 0 spiro atoms. The lowest BCUT2D eigenvalue weighted by atomic mass is 9.90. The second kappa shape index (κ2) is 20.8. The van der Waals surface area contributed by atoms with Crippen molar-refractivity contribution in [3.8, 4) is 28.7 Å². The maximum atomic E-state index is 16.1. The maximum Gasteiger partial charge on any atom is 0.171 e. The minimum Gasteiger partial charge on any atom is -0.504 e. The van der Waals surface area contributed by atoms with Gasteiger partial charge in [0.2, 0.25) is 0 Å². The van der Waals surface area contributed by atoms with Crippen molar-refractivity contribution in [1.29, 1.82) is 0 Å². The lowest BCUT2D eigenvalue weighted by Gasteiger charge is -2.47. The molecule has 0 fully saturated rings. The highest BCUT2D eigenvalue weighted by molar-refractivity contribution is 7.75. The zero-order valence-electron chi connectivity index (χ0n) is 47.9. The third-order valence-corrected chi connectivity index (χ3v) is 31.4. The summed E-state index contributed by atoms with van der Waals surface area (Å²) in [7, 11) is -7.45. The molecule has 2 aliphatic heterocycles. The van der Waals surface area contributed by atoms with Gasteiger partial charge < -0.3 is 14.6 Å². The van der Waals surface area contributed by atoms with Gasteiger partial charge in [-0.15, -0.1) is 0 Å². The molecule has 2 heterocycles. The molecule has 2 aliphatic rings. The Morgan fingerprint density at radius 2 is 1.03 bits per heavy atom. The van der Waals surface area contributed by atoms with Crippen LogP contribution in [-0.4, -0.2) is 21.3 Å². The SMILES string of the molecule is CCCCCC(C)(c1cccc2c1Oc1c(P(c3c(C)cc(C)cc3C)C(CC)(CCC)c3cccc4c3Oc3c(O)ccc(F)c3[Si]4(C)C)cccc1[Si]2(C)C)P(c1ccc(C)cc1C)c1c(C)cc(C)cc1C. The molecule has 0 radical (unpaired) electrons. The lowest BCUT2D eigenvalue weighted by molar-refractivity contribution is 0.401. The smallest absolute Gasteiger partial charge is 0.171 e. The van der Waals surface area contributed by atoms with Crippen LogP contribution in [0.4, 0.5) is 4.39 Å². The molecule has 1 N–H and O–H groups in total. The number of phenolic OH excluding ortho intramolecular Hbond substituents is 1. The van der Waals surface area contributed by atoms with Crippen molar-refractivity contribution in [2.24, 2.45) is 0 Å². The molecule has 3 nitrogen and oxygen atoms in total. The van der Waals surface area contributed by atoms with E-state index in [1.165, 1.54) is 100 Å². The van der Waals surface area contributed by atoms with E-state index in [0.717, 1.165) is 66.5 Å². The van der Waals surface area contributed by atoms with Crippen molar-refractivity contribution >= 4 is 74.0 Å². The third kappa shape index (κ3) is 9.20. The zero-order valence-corrected chi connectivity index (χ0v) is 51.7. The van der Waals surface area contributed by atoms with E-state index < -0.39 is 37.1 Å². The average molecular weight is 1070 g/mol. The zero-order chi connectivity index (χ0) is 54.1. The van der Waals surface area contributed by atoms with Crippen LogP contribution in [0.5, 0.6) is 28.7 Å². The van der Waals surface area contributed by atoms with Crippen molar-refractivity contribution in [3.63, 3.8) is 0 Å². The van der Waals surface area contributed by atoms with Gasteiger partial charge in [-0.25, -0.2) is 4.39 Å². The first-order valence-corrected chi connectivity index (χ1v) is 36.4. The van der Waals surface area contributed by atoms with E-state index in [-0.39, 0.29) is 22.5 Å². The minimum atomic E-state index is -2.74. The molecule has 0 amide bonds. The van der Waals surface area contributed by atoms with Crippen LogP contribution >= 0.6 is 15.8 Å². The van der Waals surface area contributed by atoms with E-state index >= 15 is 4.39 Å². The number of halogens is 1. The summed E-state index contributed by atoms with van der Waals surface area (Å²) >= 11 is 0. The van der Waals surface area contributed by atoms with Gasteiger partial charge in [-0.3, -0.25) is 0 Å². The first kappa shape index (κ1) is 54.9. The van der Waals surface area contributed by atoms with E-state index in [4.69, 9.17) is 9.47 Å². The number of hydrogen-bond acceptors (Lipinski definition) is 3. The standard InChI is InChI=1S/C67H81FO3P2Si2/c1-17-20-21-36-66(12,72(54-34-31-42(4)37-45(54)7)63-46(8)38-43(5)39-47(63)9)50-25-22-28-56-59(50)71-62-55(27-24-30-58(62)74(56,13)14)73(64-48(10)40-44(6)41-49(64)11)67(19-3,35-18-2)51-26-23-29-57-60(51)70-61-53(69)33-32-52(68)65(61)75(57,15)16/h22-34,37-41,69H,17-21,35-36H2,1-16H3. The molecule has 7 aromatic rings. The fourth-order valence-corrected chi connectivity index (χ4v) is 27.0. The molecule has 75 heavy (non-hydrogen) atoms. The van der Waals surface area contributed by atoms with E-state index in [9.17, 15) is 5.11 Å². The fraction of sp³-hybridized carbons (Fsp3) is 0.373. The van der Waals surface area contributed by atoms with Gasteiger partial charge in [0.05, 0.1) is 0 Å². The summed E-state index contributed by atoms with van der Waals surface area (Å²) in [6, 6.07) is 40.6. The van der Waals surface area contributed by atoms with E-state index in [2.05, 4.69) is 206 Å². The van der Waals surface area contributed by atoms with Crippen molar-refractivity contribution in [2.75, 3.05) is 0 Å². The predicted molar refractivity (Wildman–Crippen MR) is 329 cm³/mol. The van der Waals surface area contributed by atoms with Gasteiger partial charge in [0.15, 0.2) is 11.5 Å². The molecule has 0 saturated carbocycles. The topological polar surface area (TPSA) is 38.7 Å². The first-order chi connectivity index (χ1) is 35.6. The maximum absolute atomic E-state index is 16.1. The Kier molecular flexibility index (Phi) is 15.3. The van der Waals surface area contributed by atoms with Gasteiger partial charge in [0.1, 0.15) is 39.2 Å². The Hall–Kier alpha value is -4.84. The summed E-state index contributed by atoms with van der Waals surface area (Å²) in [4.78, 5) is 0. The number of ether oxygens (including phenoxy) is 2. The predicted octanol–water partition coefficient (Wildman–Crippen LogP) is 15.3. The molecule has 4 atom stereocenters. The summed E-state index contributed by atoms with van der Waals surface area (Å²) < 4.78 is 31.3. The van der Waals surface area contributed by atoms with Crippen molar-refractivity contribution in [2.45, 2.75) is 165 Å². The highest BCUT2D eigenvalue weighted by Crippen LogP contribution is 2.65. The van der Waals surface area contributed by atoms with Crippen LogP contribution in [0.25, 0.3) is 0 Å². The normalized spacial score (nSPS) is 16.5. The minimum absolute atomic E-state index is 0.0136. The van der Waals surface area contributed by atoms with Crippen molar-refractivity contribution < 1.29 is 19.0 Å². The Balaban J connectivity index is 1.35. The number of aromatic hydroxyl groups is 1. The van der Waals surface area contributed by atoms with E-state index in [0.29, 0.717) is 5.19 Å². The molecule has 392 valence electrons. The third-order valence-electron chi connectivity index (χ3n) is 17.2. The molecule has 9 rings (SSSR count). The van der Waals surface area contributed by atoms with Gasteiger partial charge >= 0.3 is 0 Å². The number of benzene rings is 7. The largest absolute Gasteiger partial charge is 0.504 e. The lowest BCUT2D eigenvalue weighted by Crippen LogP contribution is -2.58. The summed E-state index contributed by atoms with van der Waals surface area (Å²) in [5, 5.41) is 20.7. The van der Waals surface area contributed by atoms with Gasteiger partial charge in [-0.05, 0) is 162 Å². The van der Waals surface area contributed by atoms with Crippen LogP contribution in [0.2, 0.25) is 26.2 Å². The Morgan fingerprint density at radius 3 is 1.60 bits per heavy atom. The van der Waals surface area contributed by atoms with Crippen LogP contribution in [-0.2, 0) is 10.3 Å². The number of unbranched alkanes of at least 4 members (excludes halogenated alkanes) is 2. The molecular weight excluding hydrogens is 990 g/mol. The number of rotatable bonds is 15. The van der Waals surface area contributed by atoms with Gasteiger partial charge in [0, 0.05) is 31.9 Å². The van der Waals surface area contributed by atoms with Crippen LogP contribution in [0, 0.1) is 61.2 Å². The van der Waals surface area contributed by atoms with Crippen LogP contribution in [0.3, 0.4) is 0 Å². The second-order valence-corrected chi connectivity index (χ2v) is 37.2. The number of aryl methyl sites for hydroxylation is 8. The highest BCUT2D eigenvalue weighted by atomic mass is 31.1.